The number of anilines is 1. The first-order valence-corrected chi connectivity index (χ1v) is 8.59. The van der Waals surface area contributed by atoms with Crippen LogP contribution >= 0.6 is 34.2 Å². The van der Waals surface area contributed by atoms with Crippen LogP contribution in [-0.4, -0.2) is 25.4 Å². The molecule has 126 valence electrons. The molecule has 1 amide bonds. The van der Waals surface area contributed by atoms with E-state index in [0.717, 1.165) is 6.29 Å². The van der Waals surface area contributed by atoms with Crippen LogP contribution in [0.15, 0.2) is 36.4 Å². The van der Waals surface area contributed by atoms with E-state index < -0.39 is 0 Å². The van der Waals surface area contributed by atoms with Crippen LogP contribution in [0.4, 0.5) is 5.69 Å². The second-order valence-electron chi connectivity index (χ2n) is 4.72. The summed E-state index contributed by atoms with van der Waals surface area (Å²) >= 11 is 7.84. The molecule has 24 heavy (non-hydrogen) atoms. The third-order valence-electron chi connectivity index (χ3n) is 2.94. The molecule has 0 aromatic heterocycles. The fourth-order valence-corrected chi connectivity index (χ4v) is 2.83. The minimum atomic E-state index is -0.310. The maximum Gasteiger partial charge on any atom is 0.262 e. The van der Waals surface area contributed by atoms with Crippen LogP contribution < -0.4 is 14.8 Å². The summed E-state index contributed by atoms with van der Waals surface area (Å²) in [4.78, 5) is 23.0. The standard InChI is InChI=1S/C17H15ClINO4/c1-2-23-15-8-11(9-21)7-14(19)17(15)24-10-16(22)20-13-5-3-12(18)4-6-13/h3-9H,2,10H2,1H3,(H,20,22). The van der Waals surface area contributed by atoms with Gasteiger partial charge in [0.15, 0.2) is 18.1 Å². The SMILES string of the molecule is CCOc1cc(C=O)cc(I)c1OCC(=O)Nc1ccc(Cl)cc1. The third-order valence-corrected chi connectivity index (χ3v) is 4.00. The van der Waals surface area contributed by atoms with Gasteiger partial charge >= 0.3 is 0 Å². The van der Waals surface area contributed by atoms with E-state index in [1.165, 1.54) is 0 Å². The summed E-state index contributed by atoms with van der Waals surface area (Å²) in [5.74, 6) is 0.565. The first kappa shape index (κ1) is 18.5. The summed E-state index contributed by atoms with van der Waals surface area (Å²) in [7, 11) is 0. The van der Waals surface area contributed by atoms with Gasteiger partial charge in [-0.3, -0.25) is 9.59 Å². The average molecular weight is 460 g/mol. The minimum Gasteiger partial charge on any atom is -0.490 e. The van der Waals surface area contributed by atoms with Gasteiger partial charge in [0.2, 0.25) is 0 Å². The maximum atomic E-state index is 12.0. The smallest absolute Gasteiger partial charge is 0.262 e. The van der Waals surface area contributed by atoms with E-state index in [1.807, 2.05) is 29.5 Å². The molecule has 0 heterocycles. The Labute approximate surface area is 158 Å². The van der Waals surface area contributed by atoms with Crippen molar-refractivity contribution in [3.05, 3.63) is 50.6 Å². The van der Waals surface area contributed by atoms with E-state index in [-0.39, 0.29) is 12.5 Å². The molecular formula is C17H15ClINO4. The monoisotopic (exact) mass is 459 g/mol. The Hall–Kier alpha value is -1.80. The van der Waals surface area contributed by atoms with Crippen molar-refractivity contribution in [2.75, 3.05) is 18.5 Å². The number of carbonyl (C=O) groups is 2. The van der Waals surface area contributed by atoms with Crippen LogP contribution in [0.5, 0.6) is 11.5 Å². The van der Waals surface area contributed by atoms with Gasteiger partial charge in [-0.25, -0.2) is 0 Å². The molecule has 1 N–H and O–H groups in total. The Kier molecular flexibility index (Phi) is 6.86. The first-order chi connectivity index (χ1) is 11.5. The number of carbonyl (C=O) groups excluding carboxylic acids is 2. The topological polar surface area (TPSA) is 64.6 Å². The van der Waals surface area contributed by atoms with Crippen molar-refractivity contribution in [3.63, 3.8) is 0 Å². The number of amides is 1. The normalized spacial score (nSPS) is 10.1. The molecule has 0 aliphatic heterocycles. The van der Waals surface area contributed by atoms with Crippen LogP contribution in [-0.2, 0) is 4.79 Å². The van der Waals surface area contributed by atoms with E-state index in [4.69, 9.17) is 21.1 Å². The predicted octanol–water partition coefficient (Wildman–Crippen LogP) is 4.17. The molecule has 0 fully saturated rings. The summed E-state index contributed by atoms with van der Waals surface area (Å²) in [5, 5.41) is 3.30. The molecule has 0 aliphatic rings. The van der Waals surface area contributed by atoms with Gasteiger partial charge < -0.3 is 14.8 Å². The lowest BCUT2D eigenvalue weighted by atomic mass is 10.2. The molecule has 2 aromatic rings. The highest BCUT2D eigenvalue weighted by Crippen LogP contribution is 2.33. The van der Waals surface area contributed by atoms with E-state index in [9.17, 15) is 9.59 Å². The highest BCUT2D eigenvalue weighted by Gasteiger charge is 2.14. The molecule has 0 saturated heterocycles. The molecule has 0 spiro atoms. The van der Waals surface area contributed by atoms with Gasteiger partial charge in [-0.15, -0.1) is 0 Å². The lowest BCUT2D eigenvalue weighted by Gasteiger charge is -2.14. The molecule has 0 bridgehead atoms. The Bertz CT molecular complexity index is 734. The zero-order valence-electron chi connectivity index (χ0n) is 12.8. The Morgan fingerprint density at radius 1 is 1.25 bits per heavy atom. The van der Waals surface area contributed by atoms with Crippen molar-refractivity contribution < 1.29 is 19.1 Å². The number of benzene rings is 2. The highest BCUT2D eigenvalue weighted by atomic mass is 127. The fraction of sp³-hybridized carbons (Fsp3) is 0.176. The van der Waals surface area contributed by atoms with E-state index in [0.29, 0.717) is 37.9 Å². The van der Waals surface area contributed by atoms with Crippen molar-refractivity contribution in [3.8, 4) is 11.5 Å². The lowest BCUT2D eigenvalue weighted by Crippen LogP contribution is -2.20. The molecule has 0 radical (unpaired) electrons. The molecule has 5 nitrogen and oxygen atoms in total. The Balaban J connectivity index is 2.06. The van der Waals surface area contributed by atoms with E-state index in [1.54, 1.807) is 36.4 Å². The van der Waals surface area contributed by atoms with Gasteiger partial charge in [-0.1, -0.05) is 11.6 Å². The Morgan fingerprint density at radius 3 is 2.58 bits per heavy atom. The number of nitrogens with one attached hydrogen (secondary N) is 1. The van der Waals surface area contributed by atoms with E-state index in [2.05, 4.69) is 5.32 Å². The highest BCUT2D eigenvalue weighted by molar-refractivity contribution is 14.1. The average Bonchev–Trinajstić information content (AvgIpc) is 2.56. The number of hydrogen-bond acceptors (Lipinski definition) is 4. The summed E-state index contributed by atoms with van der Waals surface area (Å²) in [6.07, 6.45) is 0.738. The van der Waals surface area contributed by atoms with Gasteiger partial charge in [-0.2, -0.15) is 0 Å². The molecule has 0 aliphatic carbocycles. The zero-order chi connectivity index (χ0) is 17.5. The van der Waals surface area contributed by atoms with Crippen molar-refractivity contribution in [1.82, 2.24) is 0 Å². The number of halogens is 2. The van der Waals surface area contributed by atoms with Crippen LogP contribution in [0.3, 0.4) is 0 Å². The minimum absolute atomic E-state index is 0.181. The second-order valence-corrected chi connectivity index (χ2v) is 6.32. The van der Waals surface area contributed by atoms with E-state index >= 15 is 0 Å². The molecule has 2 aromatic carbocycles. The van der Waals surface area contributed by atoms with Gasteiger partial charge in [-0.05, 0) is 65.9 Å². The van der Waals surface area contributed by atoms with Crippen molar-refractivity contribution >= 4 is 52.1 Å². The molecule has 0 atom stereocenters. The number of aldehydes is 1. The van der Waals surface area contributed by atoms with Crippen LogP contribution in [0.1, 0.15) is 17.3 Å². The van der Waals surface area contributed by atoms with Crippen LogP contribution in [0, 0.1) is 3.57 Å². The summed E-state index contributed by atoms with van der Waals surface area (Å²) < 4.78 is 11.8. The van der Waals surface area contributed by atoms with Gasteiger partial charge in [0, 0.05) is 16.3 Å². The molecular weight excluding hydrogens is 445 g/mol. The summed E-state index contributed by atoms with van der Waals surface area (Å²) in [5.41, 5.74) is 1.12. The van der Waals surface area contributed by atoms with Gasteiger partial charge in [0.05, 0.1) is 10.2 Å². The molecule has 7 heteroatoms. The van der Waals surface area contributed by atoms with Crippen molar-refractivity contribution in [2.24, 2.45) is 0 Å². The second kappa shape index (κ2) is 8.89. The molecule has 0 unspecified atom stereocenters. The maximum absolute atomic E-state index is 12.0. The lowest BCUT2D eigenvalue weighted by molar-refractivity contribution is -0.118. The molecule has 2 rings (SSSR count). The predicted molar refractivity (Wildman–Crippen MR) is 101 cm³/mol. The fourth-order valence-electron chi connectivity index (χ4n) is 1.93. The van der Waals surface area contributed by atoms with Crippen molar-refractivity contribution in [1.29, 1.82) is 0 Å². The molecule has 0 saturated carbocycles. The Morgan fingerprint density at radius 2 is 1.96 bits per heavy atom. The van der Waals surface area contributed by atoms with Crippen LogP contribution in [0.25, 0.3) is 0 Å². The van der Waals surface area contributed by atoms with Gasteiger partial charge in [0.25, 0.3) is 5.91 Å². The largest absolute Gasteiger partial charge is 0.490 e. The van der Waals surface area contributed by atoms with Gasteiger partial charge in [0.1, 0.15) is 6.29 Å². The number of ether oxygens (including phenoxy) is 2. The number of rotatable bonds is 7. The van der Waals surface area contributed by atoms with Crippen molar-refractivity contribution in [2.45, 2.75) is 6.92 Å². The third kappa shape index (κ3) is 5.10. The van der Waals surface area contributed by atoms with Crippen LogP contribution in [0.2, 0.25) is 5.02 Å². The zero-order valence-corrected chi connectivity index (χ0v) is 15.8. The summed E-state index contributed by atoms with van der Waals surface area (Å²) in [6, 6.07) is 10.0. The first-order valence-electron chi connectivity index (χ1n) is 7.13. The quantitative estimate of drug-likeness (QED) is 0.498. The number of hydrogen-bond donors (Lipinski definition) is 1. The summed E-state index contributed by atoms with van der Waals surface area (Å²) in [6.45, 7) is 2.07.